The van der Waals surface area contributed by atoms with Gasteiger partial charge in [0, 0.05) is 25.7 Å². The van der Waals surface area contributed by atoms with E-state index in [2.05, 4.69) is 48.6 Å². The summed E-state index contributed by atoms with van der Waals surface area (Å²) in [6.45, 7) is 1.68. The van der Waals surface area contributed by atoms with Crippen LogP contribution in [0.25, 0.3) is 0 Å². The second kappa shape index (κ2) is 8.89. The number of methoxy groups -OCH3 is 1. The minimum atomic E-state index is -0.132. The molecule has 1 spiro atoms. The molecule has 4 rings (SSSR count). The van der Waals surface area contributed by atoms with Crippen LogP contribution in [0.1, 0.15) is 36.8 Å². The zero-order valence-electron chi connectivity index (χ0n) is 18.8. The quantitative estimate of drug-likeness (QED) is 0.685. The van der Waals surface area contributed by atoms with Gasteiger partial charge in [-0.25, -0.2) is 4.79 Å². The van der Waals surface area contributed by atoms with E-state index in [-0.39, 0.29) is 23.9 Å². The Morgan fingerprint density at radius 1 is 1.00 bits per heavy atom. The number of ether oxygens (including phenoxy) is 2. The molecular weight excluding hydrogens is 390 g/mol. The van der Waals surface area contributed by atoms with Crippen molar-refractivity contribution in [2.45, 2.75) is 43.3 Å². The third-order valence-corrected chi connectivity index (χ3v) is 6.99. The number of nitrogens with one attached hydrogen (secondary N) is 1. The van der Waals surface area contributed by atoms with E-state index in [1.807, 2.05) is 35.2 Å². The van der Waals surface area contributed by atoms with Gasteiger partial charge < -0.3 is 19.7 Å². The molecule has 0 unspecified atom stereocenters. The highest BCUT2D eigenvalue weighted by atomic mass is 16.7. The smallest absolute Gasteiger partial charge is 0.318 e. The maximum Gasteiger partial charge on any atom is 0.318 e. The van der Waals surface area contributed by atoms with Crippen LogP contribution in [-0.4, -0.2) is 55.9 Å². The number of hydrogen-bond donors (Lipinski definition) is 1. The van der Waals surface area contributed by atoms with Crippen LogP contribution >= 0.6 is 0 Å². The van der Waals surface area contributed by atoms with Gasteiger partial charge in [-0.3, -0.25) is 4.90 Å². The van der Waals surface area contributed by atoms with Gasteiger partial charge in [-0.2, -0.15) is 0 Å². The highest BCUT2D eigenvalue weighted by Crippen LogP contribution is 2.46. The van der Waals surface area contributed by atoms with Gasteiger partial charge in [0.2, 0.25) is 0 Å². The number of hydrogen-bond acceptors (Lipinski definition) is 4. The van der Waals surface area contributed by atoms with Crippen LogP contribution in [0.2, 0.25) is 0 Å². The molecular formula is C25H33N3O3. The summed E-state index contributed by atoms with van der Waals surface area (Å²) >= 11 is 0. The topological polar surface area (TPSA) is 54.0 Å². The Kier molecular flexibility index (Phi) is 6.21. The molecule has 2 amide bonds. The summed E-state index contributed by atoms with van der Waals surface area (Å²) in [5, 5.41) is 3.33. The number of carbonyl (C=O) groups excluding carboxylic acids is 1. The van der Waals surface area contributed by atoms with Crippen LogP contribution in [0.15, 0.2) is 54.6 Å². The van der Waals surface area contributed by atoms with E-state index >= 15 is 0 Å². The van der Waals surface area contributed by atoms with Gasteiger partial charge >= 0.3 is 6.03 Å². The lowest BCUT2D eigenvalue weighted by Crippen LogP contribution is -2.54. The molecule has 2 aromatic carbocycles. The number of amides is 2. The van der Waals surface area contributed by atoms with Crippen molar-refractivity contribution in [2.24, 2.45) is 0 Å². The zero-order valence-corrected chi connectivity index (χ0v) is 18.8. The Morgan fingerprint density at radius 3 is 2.29 bits per heavy atom. The lowest BCUT2D eigenvalue weighted by atomic mass is 9.69. The first-order valence-corrected chi connectivity index (χ1v) is 11.0. The third-order valence-electron chi connectivity index (χ3n) is 6.99. The molecule has 0 aromatic heterocycles. The third kappa shape index (κ3) is 4.41. The first kappa shape index (κ1) is 21.7. The number of carbonyl (C=O) groups is 1. The van der Waals surface area contributed by atoms with Gasteiger partial charge in [-0.1, -0.05) is 42.5 Å². The minimum absolute atomic E-state index is 0.0391. The van der Waals surface area contributed by atoms with Gasteiger partial charge in [-0.05, 0) is 63.0 Å². The van der Waals surface area contributed by atoms with Crippen molar-refractivity contribution < 1.29 is 14.3 Å². The molecule has 1 aliphatic carbocycles. The fraction of sp³-hybridized carbons (Fsp3) is 0.480. The van der Waals surface area contributed by atoms with Gasteiger partial charge in [0.15, 0.2) is 6.79 Å². The van der Waals surface area contributed by atoms with Crippen molar-refractivity contribution in [3.63, 3.8) is 0 Å². The number of nitrogens with zero attached hydrogens (tertiary/aromatic N) is 2. The summed E-state index contributed by atoms with van der Waals surface area (Å²) < 4.78 is 10.5. The van der Waals surface area contributed by atoms with Gasteiger partial charge in [0.25, 0.3) is 0 Å². The fourth-order valence-corrected chi connectivity index (χ4v) is 5.12. The molecule has 2 aromatic rings. The van der Waals surface area contributed by atoms with E-state index < -0.39 is 0 Å². The molecule has 0 atom stereocenters. The number of urea groups is 1. The number of benzene rings is 2. The van der Waals surface area contributed by atoms with Crippen molar-refractivity contribution in [3.05, 3.63) is 65.7 Å². The molecule has 31 heavy (non-hydrogen) atoms. The van der Waals surface area contributed by atoms with Crippen LogP contribution in [0, 0.1) is 0 Å². The summed E-state index contributed by atoms with van der Waals surface area (Å²) in [6.07, 6.45) is 3.92. The molecule has 0 bridgehead atoms. The lowest BCUT2D eigenvalue weighted by molar-refractivity contribution is 0.0504. The van der Waals surface area contributed by atoms with E-state index in [0.29, 0.717) is 6.54 Å². The Balaban J connectivity index is 1.45. The molecule has 1 heterocycles. The molecule has 1 saturated carbocycles. The largest absolute Gasteiger partial charge is 0.468 e. The lowest BCUT2D eigenvalue weighted by Gasteiger charge is -2.48. The summed E-state index contributed by atoms with van der Waals surface area (Å²) in [6, 6.07) is 18.6. The van der Waals surface area contributed by atoms with Crippen molar-refractivity contribution in [1.82, 2.24) is 15.1 Å². The molecule has 1 N–H and O–H groups in total. The Hall–Kier alpha value is -2.57. The van der Waals surface area contributed by atoms with Crippen LogP contribution in [-0.2, 0) is 16.8 Å². The van der Waals surface area contributed by atoms with Crippen LogP contribution in [0.4, 0.5) is 4.79 Å². The molecule has 1 saturated heterocycles. The highest BCUT2D eigenvalue weighted by Gasteiger charge is 2.49. The highest BCUT2D eigenvalue weighted by molar-refractivity contribution is 5.78. The molecule has 2 aliphatic rings. The van der Waals surface area contributed by atoms with Crippen molar-refractivity contribution in [1.29, 1.82) is 0 Å². The van der Waals surface area contributed by atoms with Gasteiger partial charge in [0.1, 0.15) is 5.75 Å². The van der Waals surface area contributed by atoms with E-state index in [0.717, 1.165) is 38.0 Å². The first-order chi connectivity index (χ1) is 15.0. The first-order valence-electron chi connectivity index (χ1n) is 11.0. The molecule has 6 nitrogen and oxygen atoms in total. The Bertz CT molecular complexity index is 875. The summed E-state index contributed by atoms with van der Waals surface area (Å²) in [4.78, 5) is 17.0. The van der Waals surface area contributed by atoms with Crippen molar-refractivity contribution in [3.8, 4) is 5.75 Å². The molecule has 1 aliphatic heterocycles. The predicted molar refractivity (Wildman–Crippen MR) is 121 cm³/mol. The standard InChI is InChI=1S/C25H33N3O3/c1-27(2)25(21-9-11-22(12-10-21)31-19-30-3)15-13-24(14-16-25)18-28(23(29)26-24)17-20-7-5-4-6-8-20/h4-12H,13-19H2,1-3H3,(H,26,29). The zero-order chi connectivity index (χ0) is 21.9. The minimum Gasteiger partial charge on any atom is -0.468 e. The Labute approximate surface area is 185 Å². The fourth-order valence-electron chi connectivity index (χ4n) is 5.12. The second-order valence-electron chi connectivity index (χ2n) is 9.05. The predicted octanol–water partition coefficient (Wildman–Crippen LogP) is 3.96. The SMILES string of the molecule is COCOc1ccc(C2(N(C)C)CCC3(CC2)CN(Cc2ccccc2)C(=O)N3)cc1. The van der Waals surface area contributed by atoms with Crippen LogP contribution in [0.3, 0.4) is 0 Å². The van der Waals surface area contributed by atoms with Gasteiger partial charge in [-0.15, -0.1) is 0 Å². The Morgan fingerprint density at radius 2 is 1.68 bits per heavy atom. The average molecular weight is 424 g/mol. The monoisotopic (exact) mass is 423 g/mol. The van der Waals surface area contributed by atoms with E-state index in [1.54, 1.807) is 7.11 Å². The van der Waals surface area contributed by atoms with E-state index in [9.17, 15) is 4.79 Å². The van der Waals surface area contributed by atoms with Crippen molar-refractivity contribution >= 4 is 6.03 Å². The molecule has 2 fully saturated rings. The molecule has 166 valence electrons. The average Bonchev–Trinajstić information content (AvgIpc) is 3.08. The van der Waals surface area contributed by atoms with Crippen LogP contribution in [0.5, 0.6) is 5.75 Å². The maximum absolute atomic E-state index is 12.7. The summed E-state index contributed by atoms with van der Waals surface area (Å²) in [7, 11) is 5.93. The van der Waals surface area contributed by atoms with Crippen LogP contribution < -0.4 is 10.1 Å². The normalized spacial score (nSPS) is 25.8. The second-order valence-corrected chi connectivity index (χ2v) is 9.05. The number of rotatable bonds is 7. The summed E-state index contributed by atoms with van der Waals surface area (Å²) in [5.74, 6) is 0.811. The molecule has 6 heteroatoms. The van der Waals surface area contributed by atoms with Gasteiger partial charge in [0.05, 0.1) is 5.54 Å². The van der Waals surface area contributed by atoms with E-state index in [4.69, 9.17) is 9.47 Å². The maximum atomic E-state index is 12.7. The van der Waals surface area contributed by atoms with E-state index in [1.165, 1.54) is 11.1 Å². The van der Waals surface area contributed by atoms with Crippen molar-refractivity contribution in [2.75, 3.05) is 34.5 Å². The molecule has 0 radical (unpaired) electrons. The summed E-state index contributed by atoms with van der Waals surface area (Å²) in [5.41, 5.74) is 2.29.